The first-order valence-corrected chi connectivity index (χ1v) is 7.15. The van der Waals surface area contributed by atoms with E-state index in [-0.39, 0.29) is 0 Å². The van der Waals surface area contributed by atoms with Crippen LogP contribution in [0.4, 0.5) is 0 Å². The van der Waals surface area contributed by atoms with E-state index >= 15 is 0 Å². The van der Waals surface area contributed by atoms with Crippen LogP contribution in [0.15, 0.2) is 24.3 Å². The molecule has 0 saturated heterocycles. The van der Waals surface area contributed by atoms with E-state index in [4.69, 9.17) is 0 Å². The van der Waals surface area contributed by atoms with Gasteiger partial charge < -0.3 is 5.11 Å². The van der Waals surface area contributed by atoms with Gasteiger partial charge in [-0.2, -0.15) is 0 Å². The number of aliphatic carboxylic acids is 1. The van der Waals surface area contributed by atoms with E-state index in [0.717, 1.165) is 25.1 Å². The van der Waals surface area contributed by atoms with Crippen LogP contribution in [-0.2, 0) is 10.3 Å². The number of carbonyl (C=O) groups is 1. The van der Waals surface area contributed by atoms with Crippen molar-refractivity contribution in [3.63, 3.8) is 0 Å². The van der Waals surface area contributed by atoms with Crippen molar-refractivity contribution in [2.45, 2.75) is 45.1 Å². The summed E-state index contributed by atoms with van der Waals surface area (Å²) in [6.45, 7) is 7.77. The van der Waals surface area contributed by atoms with Crippen LogP contribution in [0.25, 0.3) is 0 Å². The van der Waals surface area contributed by atoms with Crippen molar-refractivity contribution < 1.29 is 9.90 Å². The first-order valence-electron chi connectivity index (χ1n) is 7.15. The highest BCUT2D eigenvalue weighted by Gasteiger charge is 2.48. The zero-order chi connectivity index (χ0) is 14.0. The molecule has 1 aromatic rings. The molecule has 0 aliphatic heterocycles. The van der Waals surface area contributed by atoms with Gasteiger partial charge in [-0.15, -0.1) is 0 Å². The molecular formula is C16H23NO2. The maximum Gasteiger partial charge on any atom is 0.328 e. The average Bonchev–Trinajstić information content (AvgIpc) is 2.42. The molecule has 0 heterocycles. The van der Waals surface area contributed by atoms with E-state index in [1.54, 1.807) is 0 Å². The Hall–Kier alpha value is -1.35. The summed E-state index contributed by atoms with van der Waals surface area (Å²) in [5.74, 6) is -0.269. The van der Waals surface area contributed by atoms with E-state index in [0.29, 0.717) is 12.3 Å². The Bertz CT molecular complexity index is 468. The molecular weight excluding hydrogens is 238 g/mol. The van der Waals surface area contributed by atoms with E-state index in [2.05, 4.69) is 17.9 Å². The Morgan fingerprint density at radius 3 is 2.58 bits per heavy atom. The van der Waals surface area contributed by atoms with E-state index < -0.39 is 11.5 Å². The van der Waals surface area contributed by atoms with E-state index in [1.165, 1.54) is 5.56 Å². The Balaban J connectivity index is 2.63. The summed E-state index contributed by atoms with van der Waals surface area (Å²) in [5, 5.41) is 9.91. The molecule has 1 N–H and O–H groups in total. The zero-order valence-electron chi connectivity index (χ0n) is 12.0. The molecule has 0 amide bonds. The van der Waals surface area contributed by atoms with Gasteiger partial charge in [0.05, 0.1) is 0 Å². The van der Waals surface area contributed by atoms with Crippen molar-refractivity contribution in [1.29, 1.82) is 0 Å². The molecule has 2 rings (SSSR count). The minimum Gasteiger partial charge on any atom is -0.480 e. The van der Waals surface area contributed by atoms with E-state index in [9.17, 15) is 9.90 Å². The first kappa shape index (κ1) is 14.1. The van der Waals surface area contributed by atoms with Crippen molar-refractivity contribution in [2.75, 3.05) is 13.1 Å². The molecule has 0 saturated carbocycles. The summed E-state index contributed by atoms with van der Waals surface area (Å²) in [4.78, 5) is 14.1. The molecule has 2 unspecified atom stereocenters. The number of likely N-dealkylation sites (N-methyl/N-ethyl adjacent to an activating group) is 1. The minimum atomic E-state index is -0.841. The summed E-state index contributed by atoms with van der Waals surface area (Å²) in [6.07, 6.45) is 1.63. The van der Waals surface area contributed by atoms with Gasteiger partial charge in [0.1, 0.15) is 5.54 Å². The minimum absolute atomic E-state index is 0.444. The molecule has 0 radical (unpaired) electrons. The molecule has 0 aromatic heterocycles. The lowest BCUT2D eigenvalue weighted by Gasteiger charge is -2.45. The van der Waals surface area contributed by atoms with Crippen LogP contribution in [0.5, 0.6) is 0 Å². The normalized spacial score (nSPS) is 26.2. The van der Waals surface area contributed by atoms with Gasteiger partial charge in [-0.05, 0) is 43.0 Å². The molecule has 3 heteroatoms. The Morgan fingerprint density at radius 1 is 1.37 bits per heavy atom. The van der Waals surface area contributed by atoms with Crippen molar-refractivity contribution in [3.05, 3.63) is 35.4 Å². The molecule has 104 valence electrons. The number of fused-ring (bicyclic) bond motifs is 1. The van der Waals surface area contributed by atoms with Gasteiger partial charge >= 0.3 is 5.97 Å². The zero-order valence-corrected chi connectivity index (χ0v) is 12.0. The fraction of sp³-hybridized carbons (Fsp3) is 0.562. The van der Waals surface area contributed by atoms with Crippen molar-refractivity contribution in [2.24, 2.45) is 0 Å². The summed E-state index contributed by atoms with van der Waals surface area (Å²) >= 11 is 0. The number of carboxylic acid groups (broad SMARTS) is 1. The second-order valence-corrected chi connectivity index (χ2v) is 5.36. The number of hydrogen-bond acceptors (Lipinski definition) is 2. The summed E-state index contributed by atoms with van der Waals surface area (Å²) < 4.78 is 0. The number of hydrogen-bond donors (Lipinski definition) is 1. The quantitative estimate of drug-likeness (QED) is 0.904. The highest BCUT2D eigenvalue weighted by atomic mass is 16.4. The average molecular weight is 261 g/mol. The fourth-order valence-corrected chi connectivity index (χ4v) is 3.47. The third-order valence-corrected chi connectivity index (χ3v) is 4.53. The molecule has 0 spiro atoms. The molecule has 1 aliphatic rings. The van der Waals surface area contributed by atoms with Gasteiger partial charge in [0.15, 0.2) is 0 Å². The van der Waals surface area contributed by atoms with Crippen molar-refractivity contribution in [3.8, 4) is 0 Å². The summed E-state index contributed by atoms with van der Waals surface area (Å²) in [6, 6.07) is 8.05. The van der Waals surface area contributed by atoms with Gasteiger partial charge in [0.2, 0.25) is 0 Å². The highest BCUT2D eigenvalue weighted by Crippen LogP contribution is 2.44. The number of carboxylic acids is 1. The predicted octanol–water partition coefficient (Wildman–Crippen LogP) is 3.21. The number of benzene rings is 1. The number of rotatable bonds is 4. The van der Waals surface area contributed by atoms with Gasteiger partial charge in [0.25, 0.3) is 0 Å². The second kappa shape index (κ2) is 5.33. The lowest BCUT2D eigenvalue weighted by atomic mass is 9.71. The smallest absolute Gasteiger partial charge is 0.328 e. The van der Waals surface area contributed by atoms with Gasteiger partial charge in [-0.1, -0.05) is 45.0 Å². The monoisotopic (exact) mass is 261 g/mol. The lowest BCUT2D eigenvalue weighted by Crippen LogP contribution is -2.54. The van der Waals surface area contributed by atoms with Gasteiger partial charge in [0, 0.05) is 0 Å². The molecule has 19 heavy (non-hydrogen) atoms. The fourth-order valence-electron chi connectivity index (χ4n) is 3.47. The second-order valence-electron chi connectivity index (χ2n) is 5.36. The highest BCUT2D eigenvalue weighted by molar-refractivity contribution is 5.82. The van der Waals surface area contributed by atoms with Gasteiger partial charge in [-0.25, -0.2) is 4.79 Å². The topological polar surface area (TPSA) is 40.5 Å². The van der Waals surface area contributed by atoms with Crippen LogP contribution < -0.4 is 0 Å². The molecule has 2 atom stereocenters. The van der Waals surface area contributed by atoms with Gasteiger partial charge in [-0.3, -0.25) is 4.90 Å². The predicted molar refractivity (Wildman–Crippen MR) is 76.3 cm³/mol. The Kier molecular flexibility index (Phi) is 3.95. The summed E-state index contributed by atoms with van der Waals surface area (Å²) in [5.41, 5.74) is 1.35. The summed E-state index contributed by atoms with van der Waals surface area (Å²) in [7, 11) is 0. The largest absolute Gasteiger partial charge is 0.480 e. The molecule has 3 nitrogen and oxygen atoms in total. The van der Waals surface area contributed by atoms with E-state index in [1.807, 2.05) is 32.0 Å². The molecule has 0 fully saturated rings. The lowest BCUT2D eigenvalue weighted by molar-refractivity contribution is -0.154. The molecule has 0 bridgehead atoms. The first-order chi connectivity index (χ1) is 9.07. The molecule has 1 aromatic carbocycles. The Labute approximate surface area is 115 Å². The SMILES string of the molecule is CCN(CC)C1(C(=O)O)CCC(C)c2ccccc21. The van der Waals surface area contributed by atoms with Crippen LogP contribution in [0.2, 0.25) is 0 Å². The standard InChI is InChI=1S/C16H23NO2/c1-4-17(5-2)16(15(18)19)11-10-12(3)13-8-6-7-9-14(13)16/h6-9,12H,4-5,10-11H2,1-3H3,(H,18,19). The van der Waals surface area contributed by atoms with Crippen LogP contribution in [-0.4, -0.2) is 29.1 Å². The van der Waals surface area contributed by atoms with Crippen LogP contribution in [0.1, 0.15) is 50.7 Å². The third-order valence-electron chi connectivity index (χ3n) is 4.53. The Morgan fingerprint density at radius 2 is 2.00 bits per heavy atom. The van der Waals surface area contributed by atoms with Crippen molar-refractivity contribution >= 4 is 5.97 Å². The van der Waals surface area contributed by atoms with Crippen LogP contribution in [0.3, 0.4) is 0 Å². The maximum absolute atomic E-state index is 12.1. The number of nitrogens with zero attached hydrogens (tertiary/aromatic N) is 1. The van der Waals surface area contributed by atoms with Crippen molar-refractivity contribution in [1.82, 2.24) is 4.90 Å². The van der Waals surface area contributed by atoms with Crippen LogP contribution >= 0.6 is 0 Å². The third kappa shape index (κ3) is 2.06. The van der Waals surface area contributed by atoms with Crippen LogP contribution in [0, 0.1) is 0 Å². The maximum atomic E-state index is 12.1. The molecule has 1 aliphatic carbocycles.